The van der Waals surface area contributed by atoms with Crippen molar-refractivity contribution >= 4 is 0 Å². The Morgan fingerprint density at radius 2 is 1.83 bits per heavy atom. The molecule has 0 amide bonds. The van der Waals surface area contributed by atoms with Gasteiger partial charge in [-0.25, -0.2) is 0 Å². The quantitative estimate of drug-likeness (QED) is 0.795. The van der Waals surface area contributed by atoms with E-state index in [1.165, 1.54) is 38.5 Å². The number of rotatable bonds is 1. The summed E-state index contributed by atoms with van der Waals surface area (Å²) in [4.78, 5) is 0. The second-order valence-corrected chi connectivity index (χ2v) is 10.2. The fraction of sp³-hybridized carbons (Fsp3) is 1.00. The minimum absolute atomic E-state index is 0.134. The third-order valence-electron chi connectivity index (χ3n) is 8.88. The molecule has 0 spiro atoms. The van der Waals surface area contributed by atoms with E-state index in [-0.39, 0.29) is 6.29 Å². The number of fused-ring (bicyclic) bond motifs is 6. The summed E-state index contributed by atoms with van der Waals surface area (Å²) in [6, 6.07) is 0. The fourth-order valence-electron chi connectivity index (χ4n) is 7.92. The topological polar surface area (TPSA) is 38.7 Å². The molecule has 130 valence electrons. The van der Waals surface area contributed by atoms with Gasteiger partial charge in [-0.1, -0.05) is 27.2 Å². The molecule has 2 aliphatic heterocycles. The lowest BCUT2D eigenvalue weighted by Gasteiger charge is -2.56. The summed E-state index contributed by atoms with van der Waals surface area (Å²) in [7, 11) is 0. The van der Waals surface area contributed by atoms with Gasteiger partial charge in [0.1, 0.15) is 0 Å². The van der Waals surface area contributed by atoms with Crippen LogP contribution in [0.15, 0.2) is 0 Å². The molecule has 5 fully saturated rings. The summed E-state index contributed by atoms with van der Waals surface area (Å²) < 4.78 is 11.7. The summed E-state index contributed by atoms with van der Waals surface area (Å²) in [5, 5.41) is 10.3. The normalized spacial score (nSPS) is 60.0. The molecule has 2 bridgehead atoms. The Hall–Kier alpha value is -0.120. The summed E-state index contributed by atoms with van der Waals surface area (Å²) in [5.41, 5.74) is 1.41. The number of hydrogen-bond donors (Lipinski definition) is 1. The molecule has 0 radical (unpaired) electrons. The monoisotopic (exact) mass is 320 g/mol. The Balaban J connectivity index is 1.47. The van der Waals surface area contributed by atoms with E-state index in [0.717, 1.165) is 24.9 Å². The van der Waals surface area contributed by atoms with E-state index in [0.29, 0.717) is 28.1 Å². The van der Waals surface area contributed by atoms with Gasteiger partial charge < -0.3 is 14.6 Å². The molecule has 0 aromatic carbocycles. The maximum absolute atomic E-state index is 10.3. The number of aliphatic hydroxyl groups is 1. The summed E-state index contributed by atoms with van der Waals surface area (Å²) in [6.45, 7) is 8.36. The Kier molecular flexibility index (Phi) is 2.99. The van der Waals surface area contributed by atoms with Gasteiger partial charge in [-0.15, -0.1) is 0 Å². The van der Waals surface area contributed by atoms with Crippen LogP contribution in [0.2, 0.25) is 0 Å². The average molecular weight is 320 g/mol. The zero-order chi connectivity index (χ0) is 16.0. The van der Waals surface area contributed by atoms with Gasteiger partial charge in [-0.3, -0.25) is 0 Å². The van der Waals surface area contributed by atoms with Crippen molar-refractivity contribution in [1.82, 2.24) is 0 Å². The first-order valence-electron chi connectivity index (χ1n) is 9.84. The number of hydrogen-bond acceptors (Lipinski definition) is 3. The lowest BCUT2D eigenvalue weighted by molar-refractivity contribution is -0.198. The molecule has 3 heteroatoms. The van der Waals surface area contributed by atoms with Crippen LogP contribution >= 0.6 is 0 Å². The molecule has 1 N–H and O–H groups in total. The lowest BCUT2D eigenvalue weighted by Crippen LogP contribution is -2.50. The molecule has 8 atom stereocenters. The summed E-state index contributed by atoms with van der Waals surface area (Å²) in [5.74, 6) is 2.46. The highest BCUT2D eigenvalue weighted by molar-refractivity contribution is 5.20. The first kappa shape index (κ1) is 15.2. The second-order valence-electron chi connectivity index (χ2n) is 10.2. The standard InChI is InChI=1S/C20H32O3/c1-18(2)7-4-8-19(3)13(18)5-9-20(11-14(19)20)15-12-6-10-22-17(15)23-16(12)21/h12-17,21H,4-11H2,1-3H3. The highest BCUT2D eigenvalue weighted by atomic mass is 16.7. The molecule has 8 unspecified atom stereocenters. The zero-order valence-corrected chi connectivity index (χ0v) is 14.9. The highest BCUT2D eigenvalue weighted by Gasteiger charge is 2.74. The van der Waals surface area contributed by atoms with Crippen LogP contribution < -0.4 is 0 Å². The van der Waals surface area contributed by atoms with Crippen molar-refractivity contribution in [2.45, 2.75) is 78.3 Å². The fourth-order valence-corrected chi connectivity index (χ4v) is 7.92. The molecule has 3 nitrogen and oxygen atoms in total. The van der Waals surface area contributed by atoms with Gasteiger partial charge in [0, 0.05) is 11.8 Å². The molecule has 3 saturated carbocycles. The molecule has 0 aromatic rings. The van der Waals surface area contributed by atoms with Crippen LogP contribution in [0.4, 0.5) is 0 Å². The van der Waals surface area contributed by atoms with E-state index in [1.54, 1.807) is 0 Å². The summed E-state index contributed by atoms with van der Waals surface area (Å²) in [6.07, 6.45) is 8.49. The van der Waals surface area contributed by atoms with Crippen LogP contribution in [0.25, 0.3) is 0 Å². The van der Waals surface area contributed by atoms with Crippen molar-refractivity contribution in [3.8, 4) is 0 Å². The van der Waals surface area contributed by atoms with E-state index in [1.807, 2.05) is 0 Å². The first-order valence-corrected chi connectivity index (χ1v) is 9.84. The van der Waals surface area contributed by atoms with Gasteiger partial charge in [0.25, 0.3) is 0 Å². The van der Waals surface area contributed by atoms with Gasteiger partial charge in [0.05, 0.1) is 6.61 Å². The third-order valence-corrected chi connectivity index (χ3v) is 8.88. The molecule has 5 aliphatic rings. The van der Waals surface area contributed by atoms with Crippen molar-refractivity contribution in [2.75, 3.05) is 6.61 Å². The number of aliphatic hydroxyl groups excluding tert-OH is 1. The van der Waals surface area contributed by atoms with Crippen LogP contribution in [-0.4, -0.2) is 24.3 Å². The predicted octanol–water partition coefficient (Wildman–Crippen LogP) is 3.95. The third kappa shape index (κ3) is 1.82. The van der Waals surface area contributed by atoms with E-state index in [9.17, 15) is 5.11 Å². The van der Waals surface area contributed by atoms with Crippen LogP contribution in [0.3, 0.4) is 0 Å². The highest BCUT2D eigenvalue weighted by Crippen LogP contribution is 2.79. The van der Waals surface area contributed by atoms with Crippen LogP contribution in [0.5, 0.6) is 0 Å². The Morgan fingerprint density at radius 1 is 1.00 bits per heavy atom. The largest absolute Gasteiger partial charge is 0.368 e. The molecule has 0 aromatic heterocycles. The molecular weight excluding hydrogens is 288 g/mol. The Bertz CT molecular complexity index is 517. The molecule has 2 saturated heterocycles. The minimum atomic E-state index is -0.587. The van der Waals surface area contributed by atoms with Crippen LogP contribution in [0, 0.1) is 39.9 Å². The molecule has 23 heavy (non-hydrogen) atoms. The van der Waals surface area contributed by atoms with E-state index >= 15 is 0 Å². The van der Waals surface area contributed by atoms with Crippen LogP contribution in [0.1, 0.15) is 65.7 Å². The van der Waals surface area contributed by atoms with Gasteiger partial charge >= 0.3 is 0 Å². The maximum atomic E-state index is 10.3. The maximum Gasteiger partial charge on any atom is 0.164 e. The number of ether oxygens (including phenoxy) is 2. The first-order chi connectivity index (χ1) is 10.9. The summed E-state index contributed by atoms with van der Waals surface area (Å²) >= 11 is 0. The van der Waals surface area contributed by atoms with Gasteiger partial charge in [-0.2, -0.15) is 0 Å². The smallest absolute Gasteiger partial charge is 0.164 e. The molecule has 3 aliphatic carbocycles. The lowest BCUT2D eigenvalue weighted by atomic mass is 9.49. The Labute approximate surface area is 140 Å². The zero-order valence-electron chi connectivity index (χ0n) is 14.9. The Morgan fingerprint density at radius 3 is 2.61 bits per heavy atom. The van der Waals surface area contributed by atoms with Crippen LogP contribution in [-0.2, 0) is 9.47 Å². The van der Waals surface area contributed by atoms with Gasteiger partial charge in [0.15, 0.2) is 12.6 Å². The SMILES string of the molecule is CC1(C)CCCC2(C)C1CCC1(C3C4OCCC3C(O)O4)CC21. The molecular formula is C20H32O3. The van der Waals surface area contributed by atoms with E-state index in [2.05, 4.69) is 20.8 Å². The second kappa shape index (κ2) is 4.53. The minimum Gasteiger partial charge on any atom is -0.368 e. The van der Waals surface area contributed by atoms with Crippen molar-refractivity contribution < 1.29 is 14.6 Å². The van der Waals surface area contributed by atoms with Gasteiger partial charge in [-0.05, 0) is 66.6 Å². The average Bonchev–Trinajstić information content (AvgIpc) is 3.19. The molecule has 2 heterocycles. The van der Waals surface area contributed by atoms with E-state index in [4.69, 9.17) is 9.47 Å². The van der Waals surface area contributed by atoms with E-state index < -0.39 is 6.29 Å². The van der Waals surface area contributed by atoms with Crippen molar-refractivity contribution in [1.29, 1.82) is 0 Å². The van der Waals surface area contributed by atoms with Crippen molar-refractivity contribution in [3.05, 3.63) is 0 Å². The molecule has 5 rings (SSSR count). The van der Waals surface area contributed by atoms with Crippen molar-refractivity contribution in [2.24, 2.45) is 39.9 Å². The van der Waals surface area contributed by atoms with Crippen molar-refractivity contribution in [3.63, 3.8) is 0 Å². The van der Waals surface area contributed by atoms with Gasteiger partial charge in [0.2, 0.25) is 0 Å². The predicted molar refractivity (Wildman–Crippen MR) is 87.4 cm³/mol.